The zero-order chi connectivity index (χ0) is 18.2. The second-order valence-electron chi connectivity index (χ2n) is 6.58. The minimum absolute atomic E-state index is 0.00783. The molecule has 3 rings (SSSR count). The molecule has 1 aliphatic carbocycles. The van der Waals surface area contributed by atoms with Crippen LogP contribution in [0.1, 0.15) is 31.7 Å². The van der Waals surface area contributed by atoms with Crippen LogP contribution in [0.2, 0.25) is 0 Å². The Labute approximate surface area is 149 Å². The molecule has 1 heterocycles. The number of rotatable bonds is 7. The van der Waals surface area contributed by atoms with Gasteiger partial charge >= 0.3 is 0 Å². The smallest absolute Gasteiger partial charge is 0.238 e. The minimum Gasteiger partial charge on any atom is -0.377 e. The summed E-state index contributed by atoms with van der Waals surface area (Å²) < 4.78 is 56.6. The molecule has 1 atom stereocenters. The van der Waals surface area contributed by atoms with E-state index in [1.54, 1.807) is 6.07 Å². The molecule has 1 saturated carbocycles. The molecular formula is C16H24N2O5S2. The van der Waals surface area contributed by atoms with Gasteiger partial charge < -0.3 is 4.74 Å². The van der Waals surface area contributed by atoms with Gasteiger partial charge in [0.1, 0.15) is 0 Å². The van der Waals surface area contributed by atoms with Crippen LogP contribution in [0.3, 0.4) is 0 Å². The summed E-state index contributed by atoms with van der Waals surface area (Å²) in [5.74, 6) is 0.222. The summed E-state index contributed by atoms with van der Waals surface area (Å²) in [5.41, 5.74) is 0.906. The Kier molecular flexibility index (Phi) is 5.11. The second-order valence-corrected chi connectivity index (χ2v) is 10.1. The van der Waals surface area contributed by atoms with Gasteiger partial charge in [-0.2, -0.15) is 0 Å². The predicted octanol–water partition coefficient (Wildman–Crippen LogP) is 1.23. The van der Waals surface area contributed by atoms with Crippen LogP contribution >= 0.6 is 0 Å². The van der Waals surface area contributed by atoms with Gasteiger partial charge in [0, 0.05) is 13.2 Å². The Hall–Kier alpha value is -1.16. The average Bonchev–Trinajstić information content (AvgIpc) is 3.37. The molecule has 2 N–H and O–H groups in total. The molecule has 1 aromatic carbocycles. The molecule has 1 aliphatic heterocycles. The SMILES string of the molecule is CCOC(CS(=O)(=O)N1CCCc2c1cccc2S(N)(=O)=O)C1CC1. The summed E-state index contributed by atoms with van der Waals surface area (Å²) in [7, 11) is -7.51. The first-order valence-electron chi connectivity index (χ1n) is 8.50. The maximum absolute atomic E-state index is 13.0. The van der Waals surface area contributed by atoms with Crippen molar-refractivity contribution in [2.45, 2.75) is 43.6 Å². The van der Waals surface area contributed by atoms with Crippen molar-refractivity contribution in [1.82, 2.24) is 0 Å². The lowest BCUT2D eigenvalue weighted by atomic mass is 10.0. The lowest BCUT2D eigenvalue weighted by Gasteiger charge is -2.32. The first-order chi connectivity index (χ1) is 11.7. The lowest BCUT2D eigenvalue weighted by Crippen LogP contribution is -2.41. The third-order valence-electron chi connectivity index (χ3n) is 4.71. The second kappa shape index (κ2) is 6.86. The van der Waals surface area contributed by atoms with Crippen LogP contribution in [-0.4, -0.2) is 41.8 Å². The van der Waals surface area contributed by atoms with Crippen molar-refractivity contribution in [3.63, 3.8) is 0 Å². The first-order valence-corrected chi connectivity index (χ1v) is 11.7. The molecule has 0 radical (unpaired) electrons. The molecule has 9 heteroatoms. The minimum atomic E-state index is -3.89. The number of fused-ring (bicyclic) bond motifs is 1. The number of sulfonamides is 2. The Balaban J connectivity index is 1.94. The molecule has 0 spiro atoms. The molecule has 0 amide bonds. The third kappa shape index (κ3) is 3.99. The van der Waals surface area contributed by atoms with Crippen LogP contribution in [0.25, 0.3) is 0 Å². The average molecular weight is 389 g/mol. The van der Waals surface area contributed by atoms with Gasteiger partial charge in [0.2, 0.25) is 20.0 Å². The zero-order valence-corrected chi connectivity index (χ0v) is 15.9. The molecule has 0 aromatic heterocycles. The molecule has 25 heavy (non-hydrogen) atoms. The molecular weight excluding hydrogens is 364 g/mol. The fourth-order valence-electron chi connectivity index (χ4n) is 3.41. The van der Waals surface area contributed by atoms with Gasteiger partial charge in [-0.3, -0.25) is 4.31 Å². The standard InChI is InChI=1S/C16H24N2O5S2/c1-2-23-15(12-8-9-12)11-24(19,20)18-10-4-5-13-14(18)6-3-7-16(13)25(17,21)22/h3,6-7,12,15H,2,4-5,8-11H2,1H3,(H2,17,21,22). The van der Waals surface area contributed by atoms with E-state index < -0.39 is 20.0 Å². The quantitative estimate of drug-likeness (QED) is 0.756. The van der Waals surface area contributed by atoms with Crippen LogP contribution in [0, 0.1) is 5.92 Å². The highest BCUT2D eigenvalue weighted by Gasteiger charge is 2.38. The summed E-state index contributed by atoms with van der Waals surface area (Å²) in [6.07, 6.45) is 2.73. The highest BCUT2D eigenvalue weighted by atomic mass is 32.2. The van der Waals surface area contributed by atoms with E-state index in [2.05, 4.69) is 0 Å². The molecule has 2 aliphatic rings. The van der Waals surface area contributed by atoms with Gasteiger partial charge in [0.25, 0.3) is 0 Å². The van der Waals surface area contributed by atoms with E-state index in [1.807, 2.05) is 6.92 Å². The first kappa shape index (κ1) is 18.6. The Morgan fingerprint density at radius 2 is 2.00 bits per heavy atom. The van der Waals surface area contributed by atoms with Crippen molar-refractivity contribution in [2.75, 3.05) is 23.2 Å². The van der Waals surface area contributed by atoms with E-state index in [1.165, 1.54) is 16.4 Å². The van der Waals surface area contributed by atoms with E-state index in [-0.39, 0.29) is 16.8 Å². The van der Waals surface area contributed by atoms with Gasteiger partial charge in [-0.25, -0.2) is 22.0 Å². The van der Waals surface area contributed by atoms with Gasteiger partial charge in [-0.05, 0) is 56.2 Å². The van der Waals surface area contributed by atoms with Crippen molar-refractivity contribution in [3.8, 4) is 0 Å². The van der Waals surface area contributed by atoms with Crippen molar-refractivity contribution >= 4 is 25.7 Å². The predicted molar refractivity (Wildman–Crippen MR) is 95.4 cm³/mol. The maximum atomic E-state index is 13.0. The number of anilines is 1. The van der Waals surface area contributed by atoms with E-state index in [0.29, 0.717) is 43.2 Å². The van der Waals surface area contributed by atoms with Gasteiger partial charge in [0.15, 0.2) is 0 Å². The third-order valence-corrected chi connectivity index (χ3v) is 7.51. The van der Waals surface area contributed by atoms with Crippen molar-refractivity contribution in [3.05, 3.63) is 23.8 Å². The molecule has 1 aromatic rings. The number of benzene rings is 1. The molecule has 1 fully saturated rings. The van der Waals surface area contributed by atoms with Crippen LogP contribution in [0.5, 0.6) is 0 Å². The molecule has 140 valence electrons. The Morgan fingerprint density at radius 1 is 1.28 bits per heavy atom. The zero-order valence-electron chi connectivity index (χ0n) is 14.2. The molecule has 1 unspecified atom stereocenters. The fourth-order valence-corrected chi connectivity index (χ4v) is 6.07. The topological polar surface area (TPSA) is 107 Å². The summed E-state index contributed by atoms with van der Waals surface area (Å²) in [6.45, 7) is 2.67. The molecule has 7 nitrogen and oxygen atoms in total. The maximum Gasteiger partial charge on any atom is 0.238 e. The van der Waals surface area contributed by atoms with Gasteiger partial charge in [-0.15, -0.1) is 0 Å². The number of primary sulfonamides is 1. The summed E-state index contributed by atoms with van der Waals surface area (Å²) in [5, 5.41) is 5.29. The summed E-state index contributed by atoms with van der Waals surface area (Å²) in [6, 6.07) is 4.61. The van der Waals surface area contributed by atoms with Crippen LogP contribution in [-0.2, 0) is 31.2 Å². The number of ether oxygens (including phenoxy) is 1. The number of nitrogens with two attached hydrogens (primary N) is 1. The Bertz CT molecular complexity index is 847. The highest BCUT2D eigenvalue weighted by Crippen LogP contribution is 2.37. The monoisotopic (exact) mass is 388 g/mol. The van der Waals surface area contributed by atoms with E-state index >= 15 is 0 Å². The van der Waals surface area contributed by atoms with Crippen LogP contribution < -0.4 is 9.44 Å². The molecule has 0 bridgehead atoms. The fraction of sp³-hybridized carbons (Fsp3) is 0.625. The lowest BCUT2D eigenvalue weighted by molar-refractivity contribution is 0.0631. The largest absolute Gasteiger partial charge is 0.377 e. The highest BCUT2D eigenvalue weighted by molar-refractivity contribution is 7.92. The van der Waals surface area contributed by atoms with E-state index in [0.717, 1.165) is 12.8 Å². The molecule has 0 saturated heterocycles. The van der Waals surface area contributed by atoms with Gasteiger partial charge in [0.05, 0.1) is 22.4 Å². The van der Waals surface area contributed by atoms with E-state index in [4.69, 9.17) is 9.88 Å². The van der Waals surface area contributed by atoms with Gasteiger partial charge in [-0.1, -0.05) is 6.07 Å². The van der Waals surface area contributed by atoms with Crippen molar-refractivity contribution in [1.29, 1.82) is 0 Å². The van der Waals surface area contributed by atoms with Crippen LogP contribution in [0.4, 0.5) is 5.69 Å². The number of hydrogen-bond donors (Lipinski definition) is 1. The summed E-state index contributed by atoms with van der Waals surface area (Å²) >= 11 is 0. The van der Waals surface area contributed by atoms with Crippen molar-refractivity contribution < 1.29 is 21.6 Å². The number of hydrogen-bond acceptors (Lipinski definition) is 5. The number of nitrogens with zero attached hydrogens (tertiary/aromatic N) is 1. The van der Waals surface area contributed by atoms with E-state index in [9.17, 15) is 16.8 Å². The van der Waals surface area contributed by atoms with Crippen LogP contribution in [0.15, 0.2) is 23.1 Å². The normalized spacial score (nSPS) is 19.5. The summed E-state index contributed by atoms with van der Waals surface area (Å²) in [4.78, 5) is 0.00783. The van der Waals surface area contributed by atoms with Crippen molar-refractivity contribution in [2.24, 2.45) is 11.1 Å². The Morgan fingerprint density at radius 3 is 2.60 bits per heavy atom.